The van der Waals surface area contributed by atoms with Gasteiger partial charge in [0.15, 0.2) is 6.61 Å². The van der Waals surface area contributed by atoms with Gasteiger partial charge in [-0.3, -0.25) is 0 Å². The summed E-state index contributed by atoms with van der Waals surface area (Å²) >= 11 is 0. The Bertz CT molecular complexity index is 580. The molecule has 2 rings (SSSR count). The molecule has 1 aliphatic rings. The lowest BCUT2D eigenvalue weighted by molar-refractivity contribution is -0.153. The van der Waals surface area contributed by atoms with E-state index in [0.29, 0.717) is 0 Å². The van der Waals surface area contributed by atoms with Crippen molar-refractivity contribution in [3.05, 3.63) is 24.3 Å². The normalized spacial score (nSPS) is 23.8. The molecule has 1 aromatic rings. The zero-order valence-electron chi connectivity index (χ0n) is 13.3. The van der Waals surface area contributed by atoms with Crippen LogP contribution in [-0.4, -0.2) is 36.6 Å². The Morgan fingerprint density at radius 3 is 2.79 bits per heavy atom. The van der Waals surface area contributed by atoms with Crippen LogP contribution in [0.4, 0.5) is 23.7 Å². The zero-order chi connectivity index (χ0) is 17.8. The number of aliphatic hydroxyl groups is 1. The topological polar surface area (TPSA) is 70.6 Å². The Kier molecular flexibility index (Phi) is 5.58. The fourth-order valence-corrected chi connectivity index (χ4v) is 2.84. The summed E-state index contributed by atoms with van der Waals surface area (Å²) in [6.45, 7) is 0.424. The number of carbonyl (C=O) groups excluding carboxylic acids is 1. The van der Waals surface area contributed by atoms with Crippen LogP contribution in [0.1, 0.15) is 26.2 Å². The maximum atomic E-state index is 12.3. The Balaban J connectivity index is 1.99. The molecule has 3 N–H and O–H groups in total. The Morgan fingerprint density at radius 2 is 2.12 bits per heavy atom. The molecule has 2 unspecified atom stereocenters. The second kappa shape index (κ2) is 7.29. The predicted molar refractivity (Wildman–Crippen MR) is 83.0 cm³/mol. The highest BCUT2D eigenvalue weighted by Gasteiger charge is 2.39. The minimum absolute atomic E-state index is 0.0385. The Hall–Kier alpha value is -1.96. The van der Waals surface area contributed by atoms with Gasteiger partial charge in [-0.2, -0.15) is 13.2 Å². The van der Waals surface area contributed by atoms with E-state index in [9.17, 15) is 23.1 Å². The average Bonchev–Trinajstić information content (AvgIpc) is 2.87. The van der Waals surface area contributed by atoms with Gasteiger partial charge in [-0.25, -0.2) is 4.79 Å². The molecule has 0 saturated heterocycles. The summed E-state index contributed by atoms with van der Waals surface area (Å²) in [6, 6.07) is 5.20. The molecule has 5 nitrogen and oxygen atoms in total. The third-order valence-corrected chi connectivity index (χ3v) is 4.28. The van der Waals surface area contributed by atoms with Crippen molar-refractivity contribution in [1.29, 1.82) is 0 Å². The first-order valence-corrected chi connectivity index (χ1v) is 7.70. The van der Waals surface area contributed by atoms with E-state index < -0.39 is 18.8 Å². The number of rotatable bonds is 5. The summed E-state index contributed by atoms with van der Waals surface area (Å²) < 4.78 is 41.6. The third kappa shape index (κ3) is 4.77. The van der Waals surface area contributed by atoms with Gasteiger partial charge in [0.1, 0.15) is 5.75 Å². The summed E-state index contributed by atoms with van der Waals surface area (Å²) in [5.41, 5.74) is -0.230. The maximum absolute atomic E-state index is 12.3. The fourth-order valence-electron chi connectivity index (χ4n) is 2.84. The van der Waals surface area contributed by atoms with Crippen molar-refractivity contribution in [2.75, 3.05) is 18.5 Å². The van der Waals surface area contributed by atoms with Crippen molar-refractivity contribution in [1.82, 2.24) is 5.32 Å². The van der Waals surface area contributed by atoms with Gasteiger partial charge in [0, 0.05) is 11.5 Å². The van der Waals surface area contributed by atoms with Gasteiger partial charge in [-0.1, -0.05) is 25.5 Å². The number of aliphatic hydroxyl groups excluding tert-OH is 1. The van der Waals surface area contributed by atoms with Gasteiger partial charge in [0.25, 0.3) is 0 Å². The number of hydrogen-bond acceptors (Lipinski definition) is 3. The molecule has 0 radical (unpaired) electrons. The molecular formula is C16H21F3N2O3. The standard InChI is InChI=1S/C16H21F3N2O3/c1-15(9-22)8-4-7-13(15)21-14(23)20-11-5-2-3-6-12(11)24-10-16(17,18)19/h2-3,5-6,13,22H,4,7-10H2,1H3,(H2,20,21,23). The highest BCUT2D eigenvalue weighted by Crippen LogP contribution is 2.37. The van der Waals surface area contributed by atoms with E-state index in [1.165, 1.54) is 18.2 Å². The monoisotopic (exact) mass is 346 g/mol. The quantitative estimate of drug-likeness (QED) is 0.766. The lowest BCUT2D eigenvalue weighted by Crippen LogP contribution is -2.46. The van der Waals surface area contributed by atoms with Crippen molar-refractivity contribution >= 4 is 11.7 Å². The van der Waals surface area contributed by atoms with Crippen LogP contribution >= 0.6 is 0 Å². The molecule has 0 aromatic heterocycles. The SMILES string of the molecule is CC1(CO)CCCC1NC(=O)Nc1ccccc1OCC(F)(F)F. The summed E-state index contributed by atoms with van der Waals surface area (Å²) in [6.07, 6.45) is -2.01. The summed E-state index contributed by atoms with van der Waals surface area (Å²) in [5.74, 6) is -0.0543. The minimum atomic E-state index is -4.46. The smallest absolute Gasteiger partial charge is 0.422 e. The molecule has 1 aromatic carbocycles. The van der Waals surface area contributed by atoms with E-state index in [1.54, 1.807) is 6.07 Å². The highest BCUT2D eigenvalue weighted by atomic mass is 19.4. The van der Waals surface area contributed by atoms with Gasteiger partial charge < -0.3 is 20.5 Å². The lowest BCUT2D eigenvalue weighted by atomic mass is 9.86. The van der Waals surface area contributed by atoms with Crippen LogP contribution in [-0.2, 0) is 0 Å². The number of amides is 2. The van der Waals surface area contributed by atoms with E-state index >= 15 is 0 Å². The third-order valence-electron chi connectivity index (χ3n) is 4.28. The molecule has 134 valence electrons. The first kappa shape index (κ1) is 18.4. The van der Waals surface area contributed by atoms with Crippen LogP contribution in [0, 0.1) is 5.41 Å². The number of carbonyl (C=O) groups is 1. The van der Waals surface area contributed by atoms with Crippen LogP contribution in [0.2, 0.25) is 0 Å². The number of halogens is 3. The van der Waals surface area contributed by atoms with Gasteiger partial charge in [-0.15, -0.1) is 0 Å². The van der Waals surface area contributed by atoms with Crippen molar-refractivity contribution in [3.8, 4) is 5.75 Å². The molecule has 1 aliphatic carbocycles. The average molecular weight is 346 g/mol. The summed E-state index contributed by atoms with van der Waals surface area (Å²) in [5, 5.41) is 14.8. The van der Waals surface area contributed by atoms with E-state index in [-0.39, 0.29) is 29.5 Å². The first-order valence-electron chi connectivity index (χ1n) is 7.70. The van der Waals surface area contributed by atoms with Crippen LogP contribution in [0.15, 0.2) is 24.3 Å². The van der Waals surface area contributed by atoms with Crippen LogP contribution < -0.4 is 15.4 Å². The van der Waals surface area contributed by atoms with Crippen LogP contribution in [0.3, 0.4) is 0 Å². The number of benzene rings is 1. The second-order valence-electron chi connectivity index (χ2n) is 6.26. The van der Waals surface area contributed by atoms with Crippen LogP contribution in [0.5, 0.6) is 5.75 Å². The van der Waals surface area contributed by atoms with Crippen molar-refractivity contribution in [3.63, 3.8) is 0 Å². The zero-order valence-corrected chi connectivity index (χ0v) is 13.3. The molecule has 0 bridgehead atoms. The minimum Gasteiger partial charge on any atom is -0.482 e. The fraction of sp³-hybridized carbons (Fsp3) is 0.562. The van der Waals surface area contributed by atoms with E-state index in [2.05, 4.69) is 10.6 Å². The molecule has 1 fully saturated rings. The first-order chi connectivity index (χ1) is 11.2. The molecule has 0 aliphatic heterocycles. The number of nitrogens with one attached hydrogen (secondary N) is 2. The number of ether oxygens (including phenoxy) is 1. The number of alkyl halides is 3. The number of para-hydroxylation sites is 2. The maximum Gasteiger partial charge on any atom is 0.422 e. The number of hydrogen-bond donors (Lipinski definition) is 3. The van der Waals surface area contributed by atoms with Crippen LogP contribution in [0.25, 0.3) is 0 Å². The van der Waals surface area contributed by atoms with Crippen molar-refractivity contribution in [2.24, 2.45) is 5.41 Å². The highest BCUT2D eigenvalue weighted by molar-refractivity contribution is 5.91. The van der Waals surface area contributed by atoms with Gasteiger partial charge in [0.05, 0.1) is 12.3 Å². The van der Waals surface area contributed by atoms with Gasteiger partial charge in [0.2, 0.25) is 0 Å². The molecule has 2 amide bonds. The molecule has 24 heavy (non-hydrogen) atoms. The Morgan fingerprint density at radius 1 is 1.42 bits per heavy atom. The lowest BCUT2D eigenvalue weighted by Gasteiger charge is -2.30. The predicted octanol–water partition coefficient (Wildman–Crippen LogP) is 3.30. The summed E-state index contributed by atoms with van der Waals surface area (Å²) in [4.78, 5) is 12.1. The molecule has 8 heteroatoms. The molecule has 2 atom stereocenters. The van der Waals surface area contributed by atoms with E-state index in [1.807, 2.05) is 6.92 Å². The second-order valence-corrected chi connectivity index (χ2v) is 6.26. The van der Waals surface area contributed by atoms with E-state index in [0.717, 1.165) is 19.3 Å². The molecular weight excluding hydrogens is 325 g/mol. The van der Waals surface area contributed by atoms with E-state index in [4.69, 9.17) is 4.74 Å². The van der Waals surface area contributed by atoms with Crippen molar-refractivity contribution in [2.45, 2.75) is 38.4 Å². The molecule has 0 heterocycles. The molecule has 1 saturated carbocycles. The van der Waals surface area contributed by atoms with Gasteiger partial charge in [-0.05, 0) is 25.0 Å². The number of anilines is 1. The Labute approximate surface area is 138 Å². The van der Waals surface area contributed by atoms with Crippen molar-refractivity contribution < 1.29 is 27.8 Å². The summed E-state index contributed by atoms with van der Waals surface area (Å²) in [7, 11) is 0. The molecule has 0 spiro atoms. The number of urea groups is 1. The van der Waals surface area contributed by atoms with Gasteiger partial charge >= 0.3 is 12.2 Å². The largest absolute Gasteiger partial charge is 0.482 e.